The summed E-state index contributed by atoms with van der Waals surface area (Å²) in [6, 6.07) is 19.1. The number of hydrogen-bond acceptors (Lipinski definition) is 4. The second kappa shape index (κ2) is 8.49. The number of amides is 1. The van der Waals surface area contributed by atoms with Crippen LogP contribution in [0.2, 0.25) is 0 Å². The average molecular weight is 410 g/mol. The van der Waals surface area contributed by atoms with Crippen LogP contribution in [0.15, 0.2) is 71.6 Å². The predicted molar refractivity (Wildman–Crippen MR) is 113 cm³/mol. The van der Waals surface area contributed by atoms with E-state index in [-0.39, 0.29) is 16.6 Å². The molecule has 3 aromatic carbocycles. The van der Waals surface area contributed by atoms with E-state index >= 15 is 0 Å². The van der Waals surface area contributed by atoms with Gasteiger partial charge in [-0.2, -0.15) is 8.42 Å². The van der Waals surface area contributed by atoms with Gasteiger partial charge in [0.25, 0.3) is 5.91 Å². The third-order valence-electron chi connectivity index (χ3n) is 4.51. The third-order valence-corrected chi connectivity index (χ3v) is 5.90. The summed E-state index contributed by atoms with van der Waals surface area (Å²) in [5.74, 6) is -0.0875. The van der Waals surface area contributed by atoms with Crippen molar-refractivity contribution >= 4 is 16.0 Å². The number of hydrogen-bond donors (Lipinski definition) is 1. The Hall–Kier alpha value is -3.12. The predicted octanol–water partition coefficient (Wildman–Crippen LogP) is 4.31. The van der Waals surface area contributed by atoms with E-state index in [0.29, 0.717) is 17.7 Å². The van der Waals surface area contributed by atoms with Crippen molar-refractivity contribution in [3.05, 3.63) is 94.5 Å². The quantitative estimate of drug-likeness (QED) is 0.616. The van der Waals surface area contributed by atoms with Crippen molar-refractivity contribution in [2.45, 2.75) is 32.2 Å². The lowest BCUT2D eigenvalue weighted by Crippen LogP contribution is -2.22. The molecule has 6 heteroatoms. The molecule has 0 spiro atoms. The van der Waals surface area contributed by atoms with E-state index in [0.717, 1.165) is 16.7 Å². The van der Waals surface area contributed by atoms with Gasteiger partial charge in [-0.15, -0.1) is 0 Å². The number of aryl methyl sites for hydroxylation is 3. The zero-order chi connectivity index (χ0) is 21.0. The van der Waals surface area contributed by atoms with Crippen LogP contribution in [-0.2, 0) is 16.7 Å². The van der Waals surface area contributed by atoms with Crippen molar-refractivity contribution < 1.29 is 17.4 Å². The van der Waals surface area contributed by atoms with Crippen molar-refractivity contribution in [2.75, 3.05) is 0 Å². The Balaban J connectivity index is 1.67. The summed E-state index contributed by atoms with van der Waals surface area (Å²) in [5, 5.41) is 2.84. The molecular weight excluding hydrogens is 386 g/mol. The van der Waals surface area contributed by atoms with Gasteiger partial charge in [-0.3, -0.25) is 4.79 Å². The molecule has 3 rings (SSSR count). The fourth-order valence-corrected chi connectivity index (χ4v) is 4.05. The summed E-state index contributed by atoms with van der Waals surface area (Å²) in [7, 11) is -3.95. The molecule has 29 heavy (non-hydrogen) atoms. The first-order valence-corrected chi connectivity index (χ1v) is 10.6. The molecule has 0 atom stereocenters. The lowest BCUT2D eigenvalue weighted by molar-refractivity contribution is 0.0951. The van der Waals surface area contributed by atoms with Crippen LogP contribution in [0.4, 0.5) is 0 Å². The first-order valence-electron chi connectivity index (χ1n) is 9.20. The van der Waals surface area contributed by atoms with E-state index < -0.39 is 10.1 Å². The molecule has 1 N–H and O–H groups in total. The molecule has 150 valence electrons. The van der Waals surface area contributed by atoms with Gasteiger partial charge in [0.2, 0.25) is 0 Å². The molecule has 5 nitrogen and oxygen atoms in total. The van der Waals surface area contributed by atoms with E-state index in [1.54, 1.807) is 31.2 Å². The number of carbonyl (C=O) groups excluding carboxylic acids is 1. The van der Waals surface area contributed by atoms with Crippen molar-refractivity contribution in [1.82, 2.24) is 5.32 Å². The summed E-state index contributed by atoms with van der Waals surface area (Å²) >= 11 is 0. The Bertz CT molecular complexity index is 1120. The molecule has 3 aromatic rings. The molecule has 0 aromatic heterocycles. The zero-order valence-corrected chi connectivity index (χ0v) is 17.4. The summed E-state index contributed by atoms with van der Waals surface area (Å²) in [5.41, 5.74) is 4.03. The molecule has 0 aliphatic rings. The van der Waals surface area contributed by atoms with Gasteiger partial charge in [0.05, 0.1) is 0 Å². The average Bonchev–Trinajstić information content (AvgIpc) is 2.69. The van der Waals surface area contributed by atoms with Crippen LogP contribution in [0, 0.1) is 20.8 Å². The molecule has 0 unspecified atom stereocenters. The van der Waals surface area contributed by atoms with Gasteiger partial charge in [-0.25, -0.2) is 0 Å². The first kappa shape index (κ1) is 20.6. The van der Waals surface area contributed by atoms with Gasteiger partial charge in [-0.05, 0) is 67.8 Å². The van der Waals surface area contributed by atoms with Gasteiger partial charge < -0.3 is 9.50 Å². The summed E-state index contributed by atoms with van der Waals surface area (Å²) in [6.45, 7) is 5.96. The van der Waals surface area contributed by atoms with Crippen LogP contribution < -0.4 is 9.50 Å². The molecule has 0 bridgehead atoms. The SMILES string of the molecule is Cc1ccc(CNC(=O)c2ccc(OS(=O)(=O)c3cc(C)ccc3C)cc2)cc1. The van der Waals surface area contributed by atoms with E-state index in [9.17, 15) is 13.2 Å². The second-order valence-electron chi connectivity index (χ2n) is 7.00. The Morgan fingerprint density at radius 3 is 2.14 bits per heavy atom. The maximum atomic E-state index is 12.6. The number of nitrogens with one attached hydrogen (secondary N) is 1. The third kappa shape index (κ3) is 5.23. The molecule has 0 aliphatic heterocycles. The number of carbonyl (C=O) groups is 1. The molecule has 0 heterocycles. The van der Waals surface area contributed by atoms with E-state index in [2.05, 4.69) is 5.32 Å². The maximum Gasteiger partial charge on any atom is 0.339 e. The zero-order valence-electron chi connectivity index (χ0n) is 16.6. The molecule has 0 saturated carbocycles. The molecule has 1 amide bonds. The van der Waals surface area contributed by atoms with E-state index in [1.165, 1.54) is 12.1 Å². The van der Waals surface area contributed by atoms with Crippen LogP contribution in [-0.4, -0.2) is 14.3 Å². The Morgan fingerprint density at radius 1 is 0.862 bits per heavy atom. The van der Waals surface area contributed by atoms with Crippen LogP contribution >= 0.6 is 0 Å². The van der Waals surface area contributed by atoms with Crippen molar-refractivity contribution in [3.8, 4) is 5.75 Å². The van der Waals surface area contributed by atoms with Gasteiger partial charge >= 0.3 is 10.1 Å². The van der Waals surface area contributed by atoms with Gasteiger partial charge in [-0.1, -0.05) is 42.0 Å². The molecular formula is C23H23NO4S. The molecule has 0 fully saturated rings. The Labute approximate surface area is 171 Å². The summed E-state index contributed by atoms with van der Waals surface area (Å²) in [4.78, 5) is 12.5. The molecule has 0 saturated heterocycles. The van der Waals surface area contributed by atoms with Gasteiger partial charge in [0.1, 0.15) is 10.6 Å². The summed E-state index contributed by atoms with van der Waals surface area (Å²) < 4.78 is 30.4. The highest BCUT2D eigenvalue weighted by molar-refractivity contribution is 7.87. The maximum absolute atomic E-state index is 12.6. The summed E-state index contributed by atoms with van der Waals surface area (Å²) in [6.07, 6.45) is 0. The van der Waals surface area contributed by atoms with Gasteiger partial charge in [0.15, 0.2) is 0 Å². The Morgan fingerprint density at radius 2 is 1.48 bits per heavy atom. The van der Waals surface area contributed by atoms with Crippen LogP contribution in [0.3, 0.4) is 0 Å². The van der Waals surface area contributed by atoms with Crippen molar-refractivity contribution in [3.63, 3.8) is 0 Å². The fraction of sp³-hybridized carbons (Fsp3) is 0.174. The van der Waals surface area contributed by atoms with Crippen molar-refractivity contribution in [1.29, 1.82) is 0 Å². The minimum absolute atomic E-state index is 0.136. The topological polar surface area (TPSA) is 72.5 Å². The van der Waals surface area contributed by atoms with Crippen LogP contribution in [0.1, 0.15) is 32.6 Å². The number of benzene rings is 3. The highest BCUT2D eigenvalue weighted by Gasteiger charge is 2.19. The van der Waals surface area contributed by atoms with E-state index in [1.807, 2.05) is 44.2 Å². The van der Waals surface area contributed by atoms with E-state index in [4.69, 9.17) is 4.18 Å². The highest BCUT2D eigenvalue weighted by atomic mass is 32.2. The van der Waals surface area contributed by atoms with Crippen molar-refractivity contribution in [2.24, 2.45) is 0 Å². The second-order valence-corrected chi connectivity index (χ2v) is 8.51. The molecule has 0 aliphatic carbocycles. The minimum Gasteiger partial charge on any atom is -0.379 e. The smallest absolute Gasteiger partial charge is 0.339 e. The fourth-order valence-electron chi connectivity index (χ4n) is 2.80. The number of rotatable bonds is 6. The van der Waals surface area contributed by atoms with Gasteiger partial charge in [0, 0.05) is 12.1 Å². The lowest BCUT2D eigenvalue weighted by Gasteiger charge is -2.11. The highest BCUT2D eigenvalue weighted by Crippen LogP contribution is 2.22. The van der Waals surface area contributed by atoms with Crippen LogP contribution in [0.25, 0.3) is 0 Å². The largest absolute Gasteiger partial charge is 0.379 e. The molecule has 0 radical (unpaired) electrons. The Kier molecular flexibility index (Phi) is 6.03. The lowest BCUT2D eigenvalue weighted by atomic mass is 10.1. The normalized spacial score (nSPS) is 11.1. The standard InChI is InChI=1S/C23H23NO4S/c1-16-5-8-19(9-6-16)15-24-23(25)20-10-12-21(13-11-20)28-29(26,27)22-14-17(2)4-7-18(22)3/h4-14H,15H2,1-3H3,(H,24,25). The monoisotopic (exact) mass is 409 g/mol. The minimum atomic E-state index is -3.95. The first-order chi connectivity index (χ1) is 13.7. The van der Waals surface area contributed by atoms with Crippen LogP contribution in [0.5, 0.6) is 5.75 Å².